The molecular weight excluding hydrogens is 476 g/mol. The van der Waals surface area contributed by atoms with Crippen LogP contribution in [0.1, 0.15) is 17.5 Å². The highest BCUT2D eigenvalue weighted by atomic mass is 32.2. The maximum absolute atomic E-state index is 12.7. The van der Waals surface area contributed by atoms with E-state index >= 15 is 0 Å². The highest BCUT2D eigenvalue weighted by Gasteiger charge is 2.17. The Hall–Kier alpha value is -3.80. The van der Waals surface area contributed by atoms with Gasteiger partial charge in [-0.15, -0.1) is 11.3 Å². The van der Waals surface area contributed by atoms with Gasteiger partial charge in [-0.05, 0) is 62.4 Å². The maximum atomic E-state index is 12.7. The number of thiazole rings is 1. The monoisotopic (exact) mass is 500 g/mol. The third kappa shape index (κ3) is 6.41. The van der Waals surface area contributed by atoms with Gasteiger partial charge < -0.3 is 15.4 Å². The number of carbonyl (C=O) groups is 1. The number of ether oxygens (including phenoxy) is 1. The predicted molar refractivity (Wildman–Crippen MR) is 146 cm³/mol. The fourth-order valence-electron chi connectivity index (χ4n) is 3.25. The number of aryl methyl sites for hydroxylation is 1. The number of nitrogens with one attached hydrogen (secondary N) is 2. The Balaban J connectivity index is 1.56. The van der Waals surface area contributed by atoms with Crippen LogP contribution in [0.2, 0.25) is 0 Å². The number of anilines is 2. The lowest BCUT2D eigenvalue weighted by Gasteiger charge is -2.13. The van der Waals surface area contributed by atoms with E-state index in [-0.39, 0.29) is 11.7 Å². The first-order valence-electron chi connectivity index (χ1n) is 11.0. The topological polar surface area (TPSA) is 87.0 Å². The number of rotatable bonds is 9. The molecule has 0 spiro atoms. The van der Waals surface area contributed by atoms with Crippen molar-refractivity contribution >= 4 is 56.2 Å². The highest BCUT2D eigenvalue weighted by molar-refractivity contribution is 8.04. The van der Waals surface area contributed by atoms with Crippen LogP contribution in [0.5, 0.6) is 5.75 Å². The molecule has 1 heterocycles. The Labute approximate surface area is 212 Å². The second-order valence-electron chi connectivity index (χ2n) is 7.59. The number of benzene rings is 3. The summed E-state index contributed by atoms with van der Waals surface area (Å²) >= 11 is 2.73. The molecule has 4 rings (SSSR count). The van der Waals surface area contributed by atoms with Crippen molar-refractivity contribution in [1.82, 2.24) is 4.98 Å². The molecule has 0 aliphatic carbocycles. The average molecular weight is 501 g/mol. The van der Waals surface area contributed by atoms with E-state index in [1.807, 2.05) is 74.5 Å². The third-order valence-corrected chi connectivity index (χ3v) is 7.01. The van der Waals surface area contributed by atoms with Crippen LogP contribution in [0.25, 0.3) is 15.8 Å². The number of nitrogens with zero attached hydrogens (tertiary/aromatic N) is 2. The van der Waals surface area contributed by atoms with E-state index in [1.165, 1.54) is 23.1 Å². The molecular formula is C27H24N4O2S2. The number of amides is 1. The van der Waals surface area contributed by atoms with E-state index in [0.29, 0.717) is 27.9 Å². The number of aromatic nitrogens is 1. The maximum Gasteiger partial charge on any atom is 0.234 e. The van der Waals surface area contributed by atoms with Crippen molar-refractivity contribution in [3.63, 3.8) is 0 Å². The first-order valence-corrected chi connectivity index (χ1v) is 12.9. The minimum atomic E-state index is -0.177. The Morgan fingerprint density at radius 2 is 1.71 bits per heavy atom. The number of hydrogen-bond acceptors (Lipinski definition) is 7. The van der Waals surface area contributed by atoms with Gasteiger partial charge in [0.2, 0.25) is 5.91 Å². The molecule has 0 aliphatic rings. The first-order chi connectivity index (χ1) is 17.1. The molecule has 1 aromatic heterocycles. The van der Waals surface area contributed by atoms with Crippen molar-refractivity contribution in [2.24, 2.45) is 0 Å². The standard InChI is InChI=1S/C27H24N4O2S2/c1-3-33-21-14-12-19(13-15-21)29-25(32)17-34-26(30-20-10-8-18(2)9-11-20)22(16-28)27-31-23-6-4-5-7-24(23)35-27/h4-15,30H,3,17H2,1-2H3,(H,29,32)/b26-22+. The number of carbonyl (C=O) groups excluding carboxylic acids is 1. The Bertz CT molecular complexity index is 1350. The van der Waals surface area contributed by atoms with Gasteiger partial charge in [0.05, 0.1) is 27.6 Å². The molecule has 3 aromatic carbocycles. The summed E-state index contributed by atoms with van der Waals surface area (Å²) in [5.41, 5.74) is 3.90. The van der Waals surface area contributed by atoms with Crippen molar-refractivity contribution in [2.45, 2.75) is 13.8 Å². The minimum absolute atomic E-state index is 0.123. The molecule has 0 aliphatic heterocycles. The third-order valence-electron chi connectivity index (χ3n) is 4.95. The molecule has 4 aromatic rings. The summed E-state index contributed by atoms with van der Waals surface area (Å²) in [4.78, 5) is 17.4. The fraction of sp³-hybridized carbons (Fsp3) is 0.148. The second-order valence-corrected chi connectivity index (χ2v) is 9.60. The summed E-state index contributed by atoms with van der Waals surface area (Å²) in [6.07, 6.45) is 0. The van der Waals surface area contributed by atoms with Gasteiger partial charge in [-0.2, -0.15) is 5.26 Å². The lowest BCUT2D eigenvalue weighted by atomic mass is 10.2. The van der Waals surface area contributed by atoms with E-state index < -0.39 is 0 Å². The molecule has 8 heteroatoms. The van der Waals surface area contributed by atoms with Gasteiger partial charge in [0.15, 0.2) is 0 Å². The zero-order valence-corrected chi connectivity index (χ0v) is 21.0. The molecule has 1 amide bonds. The molecule has 0 saturated heterocycles. The minimum Gasteiger partial charge on any atom is -0.494 e. The van der Waals surface area contributed by atoms with Crippen molar-refractivity contribution in [3.05, 3.63) is 88.4 Å². The zero-order chi connectivity index (χ0) is 24.6. The van der Waals surface area contributed by atoms with Crippen LogP contribution >= 0.6 is 23.1 Å². The van der Waals surface area contributed by atoms with Crippen molar-refractivity contribution in [2.75, 3.05) is 23.0 Å². The van der Waals surface area contributed by atoms with E-state index in [1.54, 1.807) is 12.1 Å². The van der Waals surface area contributed by atoms with Crippen molar-refractivity contribution in [3.8, 4) is 11.8 Å². The quantitative estimate of drug-likeness (QED) is 0.249. The number of nitriles is 1. The van der Waals surface area contributed by atoms with Crippen LogP contribution in [0.15, 0.2) is 77.8 Å². The number of allylic oxidation sites excluding steroid dienone is 1. The van der Waals surface area contributed by atoms with Crippen LogP contribution in [-0.2, 0) is 4.79 Å². The molecule has 0 bridgehead atoms. The molecule has 6 nitrogen and oxygen atoms in total. The summed E-state index contributed by atoms with van der Waals surface area (Å²) in [5, 5.41) is 17.5. The average Bonchev–Trinajstić information content (AvgIpc) is 3.29. The van der Waals surface area contributed by atoms with E-state index in [0.717, 1.165) is 27.2 Å². The molecule has 176 valence electrons. The van der Waals surface area contributed by atoms with E-state index in [9.17, 15) is 10.1 Å². The van der Waals surface area contributed by atoms with Crippen LogP contribution < -0.4 is 15.4 Å². The van der Waals surface area contributed by atoms with Crippen LogP contribution in [0.4, 0.5) is 11.4 Å². The molecule has 35 heavy (non-hydrogen) atoms. The molecule has 0 unspecified atom stereocenters. The predicted octanol–water partition coefficient (Wildman–Crippen LogP) is 6.68. The second kappa shape index (κ2) is 11.6. The van der Waals surface area contributed by atoms with Gasteiger partial charge in [-0.3, -0.25) is 4.79 Å². The smallest absolute Gasteiger partial charge is 0.234 e. The van der Waals surface area contributed by atoms with Gasteiger partial charge in [0.25, 0.3) is 0 Å². The Morgan fingerprint density at radius 3 is 2.40 bits per heavy atom. The SMILES string of the molecule is CCOc1ccc(NC(=O)CS/C(Nc2ccc(C)cc2)=C(\C#N)c2nc3ccccc3s2)cc1. The number of thioether (sulfide) groups is 1. The molecule has 2 N–H and O–H groups in total. The van der Waals surface area contributed by atoms with Gasteiger partial charge in [-0.1, -0.05) is 41.6 Å². The number of hydrogen-bond donors (Lipinski definition) is 2. The van der Waals surface area contributed by atoms with Crippen LogP contribution in [-0.4, -0.2) is 23.3 Å². The lowest BCUT2D eigenvalue weighted by molar-refractivity contribution is -0.113. The van der Waals surface area contributed by atoms with Gasteiger partial charge in [0, 0.05) is 11.4 Å². The van der Waals surface area contributed by atoms with Crippen LogP contribution in [0, 0.1) is 18.3 Å². The van der Waals surface area contributed by atoms with Crippen molar-refractivity contribution < 1.29 is 9.53 Å². The summed E-state index contributed by atoms with van der Waals surface area (Å²) in [7, 11) is 0. The van der Waals surface area contributed by atoms with Crippen LogP contribution in [0.3, 0.4) is 0 Å². The summed E-state index contributed by atoms with van der Waals surface area (Å²) in [5.74, 6) is 0.697. The number of para-hydroxylation sites is 1. The van der Waals surface area contributed by atoms with Gasteiger partial charge in [0.1, 0.15) is 22.4 Å². The lowest BCUT2D eigenvalue weighted by Crippen LogP contribution is -2.15. The largest absolute Gasteiger partial charge is 0.494 e. The highest BCUT2D eigenvalue weighted by Crippen LogP contribution is 2.33. The normalized spacial score (nSPS) is 11.5. The Morgan fingerprint density at radius 1 is 1.03 bits per heavy atom. The zero-order valence-electron chi connectivity index (χ0n) is 19.4. The van der Waals surface area contributed by atoms with Gasteiger partial charge in [-0.25, -0.2) is 4.98 Å². The van der Waals surface area contributed by atoms with E-state index in [2.05, 4.69) is 21.7 Å². The summed E-state index contributed by atoms with van der Waals surface area (Å²) in [6, 6.07) is 25.2. The first kappa shape index (κ1) is 24.3. The molecule has 0 saturated carbocycles. The molecule has 0 fully saturated rings. The molecule has 0 radical (unpaired) electrons. The molecule has 0 atom stereocenters. The summed E-state index contributed by atoms with van der Waals surface area (Å²) in [6.45, 7) is 4.52. The summed E-state index contributed by atoms with van der Waals surface area (Å²) < 4.78 is 6.45. The Kier molecular flexibility index (Phi) is 8.03. The van der Waals surface area contributed by atoms with E-state index in [4.69, 9.17) is 4.74 Å². The fourth-order valence-corrected chi connectivity index (χ4v) is 5.11. The van der Waals surface area contributed by atoms with Gasteiger partial charge >= 0.3 is 0 Å². The number of fused-ring (bicyclic) bond motifs is 1. The van der Waals surface area contributed by atoms with Crippen molar-refractivity contribution in [1.29, 1.82) is 5.26 Å².